The normalized spacial score (nSPS) is 13.2. The number of ketones is 1. The number of fused-ring (bicyclic) bond motifs is 1. The van der Waals surface area contributed by atoms with Crippen LogP contribution in [0.1, 0.15) is 62.3 Å². The third-order valence-electron chi connectivity index (χ3n) is 6.92. The van der Waals surface area contributed by atoms with Crippen LogP contribution in [0.3, 0.4) is 0 Å². The van der Waals surface area contributed by atoms with E-state index in [0.29, 0.717) is 37.5 Å². The monoisotopic (exact) mass is 751 g/mol. The van der Waals surface area contributed by atoms with Crippen molar-refractivity contribution in [1.82, 2.24) is 4.98 Å². The Bertz CT molecular complexity index is 969. The minimum absolute atomic E-state index is 0. The minimum atomic E-state index is -0.424. The van der Waals surface area contributed by atoms with Crippen LogP contribution in [0.5, 0.6) is 0 Å². The number of carbonyl (C=O) groups excluding carboxylic acids is 2. The van der Waals surface area contributed by atoms with Gasteiger partial charge in [-0.2, -0.15) is 12.8 Å². The molecule has 1 amide bonds. The molecule has 8 heteroatoms. The Labute approximate surface area is 251 Å². The fourth-order valence-corrected chi connectivity index (χ4v) is 5.14. The van der Waals surface area contributed by atoms with Crippen LogP contribution < -0.4 is 11.1 Å². The molecular weight excluding hydrogens is 712 g/mol. The summed E-state index contributed by atoms with van der Waals surface area (Å²) in [4.78, 5) is 26.0. The Morgan fingerprint density at radius 2 is 1.97 bits per heavy atom. The van der Waals surface area contributed by atoms with Crippen molar-refractivity contribution in [3.05, 3.63) is 72.1 Å². The van der Waals surface area contributed by atoms with Crippen LogP contribution in [0.4, 0.5) is 5.82 Å². The van der Waals surface area contributed by atoms with Crippen molar-refractivity contribution in [2.45, 2.75) is 63.7 Å². The Morgan fingerprint density at radius 1 is 1.24 bits per heavy atom. The molecule has 0 saturated heterocycles. The van der Waals surface area contributed by atoms with E-state index in [1.54, 1.807) is 6.92 Å². The van der Waals surface area contributed by atoms with Gasteiger partial charge < -0.3 is 29.6 Å². The summed E-state index contributed by atoms with van der Waals surface area (Å²) in [7, 11) is 0. The van der Waals surface area contributed by atoms with Crippen LogP contribution >= 0.6 is 11.6 Å². The third kappa shape index (κ3) is 10.0. The van der Waals surface area contributed by atoms with Crippen molar-refractivity contribution in [2.24, 2.45) is 11.7 Å². The zero-order chi connectivity index (χ0) is 26.4. The Kier molecular flexibility index (Phi) is 16.4. The molecule has 1 aromatic heterocycles. The number of anilines is 1. The topological polar surface area (TPSA) is 94.3 Å². The minimum Gasteiger partial charge on any atom is -0.381 e. The van der Waals surface area contributed by atoms with E-state index in [1.165, 1.54) is 12.0 Å². The average molecular weight is 752 g/mol. The maximum atomic E-state index is 12.6. The molecule has 3 rings (SSSR count). The van der Waals surface area contributed by atoms with Crippen molar-refractivity contribution in [3.8, 4) is 0 Å². The molecule has 200 valence electrons. The summed E-state index contributed by atoms with van der Waals surface area (Å²) in [6.45, 7) is 12.3. The molecule has 1 aliphatic rings. The molecule has 0 saturated carbocycles. The summed E-state index contributed by atoms with van der Waals surface area (Å²) in [5.41, 5.74) is 7.24. The second kappa shape index (κ2) is 18.0. The number of pyridine rings is 1. The van der Waals surface area contributed by atoms with E-state index in [0.717, 1.165) is 49.3 Å². The number of aromatic nitrogens is 1. The van der Waals surface area contributed by atoms with E-state index < -0.39 is 5.41 Å². The summed E-state index contributed by atoms with van der Waals surface area (Å²) >= 11 is 6.25. The fraction of sp³-hybridized carbons (Fsp3) is 0.483. The van der Waals surface area contributed by atoms with Gasteiger partial charge in [-0.1, -0.05) is 29.8 Å². The van der Waals surface area contributed by atoms with E-state index in [9.17, 15) is 4.79 Å². The quantitative estimate of drug-likeness (QED) is 0.160. The molecule has 2 heterocycles. The second-order valence-electron chi connectivity index (χ2n) is 9.16. The van der Waals surface area contributed by atoms with Crippen LogP contribution in [0.15, 0.2) is 36.4 Å². The van der Waals surface area contributed by atoms with Crippen LogP contribution in [-0.2, 0) is 32.6 Å². The van der Waals surface area contributed by atoms with Crippen molar-refractivity contribution in [3.63, 3.8) is 0 Å². The second-order valence-corrected chi connectivity index (χ2v) is 9.60. The van der Waals surface area contributed by atoms with E-state index in [1.807, 2.05) is 24.3 Å². The molecule has 2 aromatic rings. The number of amides is 1. The standard InChI is InChI=1S/C28H37ClN2O2.CH3NO.U/c1-4-28(5-2,23-11-8-12-24(29)20-23)26(21(3)32)16-19-33-18-7-6-13-25-15-14-22-10-9-17-30-27(22)31-25;2-1-3;/h8,11-12,14-15,20,26H,1-2,4-7,9-10,13,16-19H2,3H3,(H,30,31);1H,(H2,2,3);/q-2;;+2. The number of primary amides is 1. The average Bonchev–Trinajstić information content (AvgIpc) is 2.88. The van der Waals surface area contributed by atoms with Gasteiger partial charge in [-0.25, -0.2) is 4.98 Å². The van der Waals surface area contributed by atoms with Gasteiger partial charge >= 0.3 is 31.1 Å². The number of nitrogens with zero attached hydrogens (tertiary/aromatic N) is 1. The van der Waals surface area contributed by atoms with Gasteiger partial charge in [0.15, 0.2) is 0 Å². The molecule has 0 spiro atoms. The van der Waals surface area contributed by atoms with Gasteiger partial charge in [-0.15, -0.1) is 0 Å². The van der Waals surface area contributed by atoms with E-state index in [-0.39, 0.29) is 49.2 Å². The summed E-state index contributed by atoms with van der Waals surface area (Å²) in [6, 6.07) is 12.1. The zero-order valence-electron chi connectivity index (χ0n) is 21.9. The van der Waals surface area contributed by atoms with Gasteiger partial charge in [-0.05, 0) is 80.2 Å². The number of unbranched alkanes of at least 4 members (excludes halogenated alkanes) is 1. The molecule has 37 heavy (non-hydrogen) atoms. The summed E-state index contributed by atoms with van der Waals surface area (Å²) in [5.74, 6) is 1.01. The van der Waals surface area contributed by atoms with Gasteiger partial charge in [0.05, 0.1) is 0 Å². The number of hydrogen-bond acceptors (Lipinski definition) is 5. The third-order valence-corrected chi connectivity index (χ3v) is 7.16. The van der Waals surface area contributed by atoms with Crippen LogP contribution in [0, 0.1) is 50.9 Å². The number of Topliss-reactive ketones (excluding diaryl/α,β-unsaturated/α-hetero) is 1. The summed E-state index contributed by atoms with van der Waals surface area (Å²) in [5, 5.41) is 4.07. The molecule has 0 bridgehead atoms. The van der Waals surface area contributed by atoms with Gasteiger partial charge in [0, 0.05) is 36.4 Å². The first-order valence-corrected chi connectivity index (χ1v) is 13.1. The smallest absolute Gasteiger partial charge is 0.381 e. The summed E-state index contributed by atoms with van der Waals surface area (Å²) in [6.07, 6.45) is 7.34. The number of rotatable bonds is 13. The van der Waals surface area contributed by atoms with Crippen molar-refractivity contribution >= 4 is 29.6 Å². The van der Waals surface area contributed by atoms with Crippen LogP contribution in [0.25, 0.3) is 0 Å². The zero-order valence-corrected chi connectivity index (χ0v) is 26.9. The van der Waals surface area contributed by atoms with E-state index in [2.05, 4.69) is 37.0 Å². The molecule has 1 unspecified atom stereocenters. The maximum absolute atomic E-state index is 12.6. The largest absolute Gasteiger partial charge is 2.00 e. The SMILES string of the molecule is NC=O.[CH2-]CC(C[CH2-])(c1cccc(Cl)c1)C(CCOCCCCc1ccc2c(n1)NCCC2)C(C)=O.[U+2]. The Balaban J connectivity index is 0.00000163. The first-order valence-electron chi connectivity index (χ1n) is 12.7. The van der Waals surface area contributed by atoms with Crippen molar-refractivity contribution < 1.29 is 45.4 Å². The Hall–Kier alpha value is -1.39. The predicted octanol–water partition coefficient (Wildman–Crippen LogP) is 5.52. The molecular formula is C29H40ClN3O3U. The number of hydrogen-bond donors (Lipinski definition) is 2. The number of aryl methyl sites for hydroxylation is 2. The number of ether oxygens (including phenoxy) is 1. The van der Waals surface area contributed by atoms with E-state index >= 15 is 0 Å². The van der Waals surface area contributed by atoms with Gasteiger partial charge in [0.1, 0.15) is 11.6 Å². The van der Waals surface area contributed by atoms with Gasteiger partial charge in [0.25, 0.3) is 0 Å². The molecule has 1 atom stereocenters. The number of carbonyl (C=O) groups is 2. The Morgan fingerprint density at radius 3 is 2.62 bits per heavy atom. The molecule has 1 aromatic carbocycles. The maximum Gasteiger partial charge on any atom is 2.00 e. The first kappa shape index (κ1) is 33.6. The van der Waals surface area contributed by atoms with Gasteiger partial charge in [0.2, 0.25) is 6.41 Å². The molecule has 3 N–H and O–H groups in total. The van der Waals surface area contributed by atoms with E-state index in [4.69, 9.17) is 26.1 Å². The van der Waals surface area contributed by atoms with Crippen molar-refractivity contribution in [2.75, 3.05) is 25.1 Å². The van der Waals surface area contributed by atoms with Crippen LogP contribution in [0.2, 0.25) is 5.02 Å². The molecule has 6 nitrogen and oxygen atoms in total. The number of benzene rings is 1. The first-order chi connectivity index (χ1) is 17.4. The number of halogens is 1. The van der Waals surface area contributed by atoms with Crippen molar-refractivity contribution in [1.29, 1.82) is 0 Å². The molecule has 0 radical (unpaired) electrons. The van der Waals surface area contributed by atoms with Crippen LogP contribution in [-0.4, -0.2) is 36.9 Å². The molecule has 0 fully saturated rings. The summed E-state index contributed by atoms with van der Waals surface area (Å²) < 4.78 is 5.93. The number of nitrogens with one attached hydrogen (secondary N) is 1. The fourth-order valence-electron chi connectivity index (χ4n) is 4.95. The molecule has 0 aliphatic carbocycles. The number of nitrogens with two attached hydrogens (primary N) is 1. The van der Waals surface area contributed by atoms with Gasteiger partial charge in [-0.3, -0.25) is 9.59 Å². The predicted molar refractivity (Wildman–Crippen MR) is 147 cm³/mol. The molecule has 1 aliphatic heterocycles.